The molecule has 2 aromatic heterocycles. The molecule has 7 nitrogen and oxygen atoms in total. The first-order valence-corrected chi connectivity index (χ1v) is 11.4. The normalized spacial score (nSPS) is 25.1. The molecule has 2 bridgehead atoms. The first kappa shape index (κ1) is 20.9. The van der Waals surface area contributed by atoms with Crippen LogP contribution in [0, 0.1) is 5.41 Å². The highest BCUT2D eigenvalue weighted by atomic mass is 16.3. The molecule has 3 N–H and O–H groups in total. The molecular formula is C25H32N6O. The smallest absolute Gasteiger partial charge is 0.151 e. The van der Waals surface area contributed by atoms with Crippen molar-refractivity contribution in [1.29, 1.82) is 0 Å². The summed E-state index contributed by atoms with van der Waals surface area (Å²) in [6, 6.07) is 10.5. The Hall–Kier alpha value is -2.93. The van der Waals surface area contributed by atoms with E-state index >= 15 is 0 Å². The van der Waals surface area contributed by atoms with Gasteiger partial charge in [-0.2, -0.15) is 5.10 Å². The standard InChI is InChI=1S/C25H32N6O/c1-24(2,3)25-10-9-18(28-25)12-19(13-25)31(4)23-8-7-21(29-30-23)20-6-5-16(11-22(20)32)17-14-26-27-15-17/h5-8,11,14-15,18-19,28,32H,9-10,12-13H2,1-4H3,(H,26,27)/t18-,19-,25+/m0/s1. The molecule has 3 atom stereocenters. The molecule has 0 saturated carbocycles. The first-order chi connectivity index (χ1) is 15.3. The molecule has 32 heavy (non-hydrogen) atoms. The third kappa shape index (κ3) is 3.54. The van der Waals surface area contributed by atoms with Crippen molar-refractivity contribution in [3.05, 3.63) is 42.7 Å². The summed E-state index contributed by atoms with van der Waals surface area (Å²) in [6.45, 7) is 7.05. The molecule has 0 spiro atoms. The Balaban J connectivity index is 1.35. The number of benzene rings is 1. The minimum Gasteiger partial charge on any atom is -0.507 e. The monoisotopic (exact) mass is 432 g/mol. The number of rotatable bonds is 4. The number of phenolic OH excluding ortho intramolecular Hbond substituents is 1. The van der Waals surface area contributed by atoms with Crippen LogP contribution in [0.2, 0.25) is 0 Å². The van der Waals surface area contributed by atoms with Crippen LogP contribution in [0.1, 0.15) is 46.5 Å². The van der Waals surface area contributed by atoms with Crippen LogP contribution in [-0.2, 0) is 0 Å². The Morgan fingerprint density at radius 2 is 1.97 bits per heavy atom. The molecule has 4 heterocycles. The van der Waals surface area contributed by atoms with Gasteiger partial charge in [0, 0.05) is 42.0 Å². The Labute approximate surface area is 189 Å². The number of phenols is 1. The van der Waals surface area contributed by atoms with Crippen LogP contribution in [0.25, 0.3) is 22.4 Å². The fraction of sp³-hybridized carbons (Fsp3) is 0.480. The van der Waals surface area contributed by atoms with Crippen LogP contribution in [-0.4, -0.2) is 50.2 Å². The maximum atomic E-state index is 10.6. The zero-order chi connectivity index (χ0) is 22.5. The molecule has 2 aliphatic rings. The van der Waals surface area contributed by atoms with Gasteiger partial charge in [0.15, 0.2) is 5.82 Å². The Bertz CT molecular complexity index is 1090. The van der Waals surface area contributed by atoms with Crippen molar-refractivity contribution in [2.45, 2.75) is 64.1 Å². The fourth-order valence-electron chi connectivity index (χ4n) is 5.48. The number of H-pyrrole nitrogens is 1. The summed E-state index contributed by atoms with van der Waals surface area (Å²) in [7, 11) is 2.13. The predicted molar refractivity (Wildman–Crippen MR) is 126 cm³/mol. The van der Waals surface area contributed by atoms with Gasteiger partial charge in [0.25, 0.3) is 0 Å². The van der Waals surface area contributed by atoms with Crippen molar-refractivity contribution in [2.75, 3.05) is 11.9 Å². The van der Waals surface area contributed by atoms with Crippen molar-refractivity contribution < 1.29 is 5.11 Å². The average molecular weight is 433 g/mol. The van der Waals surface area contributed by atoms with Crippen LogP contribution < -0.4 is 10.2 Å². The number of hydrogen-bond donors (Lipinski definition) is 3. The summed E-state index contributed by atoms with van der Waals surface area (Å²) < 4.78 is 0. The zero-order valence-corrected chi connectivity index (χ0v) is 19.3. The maximum Gasteiger partial charge on any atom is 0.151 e. The molecule has 168 valence electrons. The van der Waals surface area contributed by atoms with Crippen LogP contribution >= 0.6 is 0 Å². The van der Waals surface area contributed by atoms with Gasteiger partial charge >= 0.3 is 0 Å². The molecule has 2 fully saturated rings. The molecular weight excluding hydrogens is 400 g/mol. The second kappa shape index (κ2) is 7.59. The van der Waals surface area contributed by atoms with Crippen molar-refractivity contribution in [3.8, 4) is 28.1 Å². The van der Waals surface area contributed by atoms with E-state index in [0.717, 1.165) is 29.8 Å². The number of fused-ring (bicyclic) bond motifs is 2. The molecule has 2 saturated heterocycles. The van der Waals surface area contributed by atoms with E-state index in [2.05, 4.69) is 58.4 Å². The van der Waals surface area contributed by atoms with Crippen molar-refractivity contribution in [1.82, 2.24) is 25.7 Å². The number of anilines is 1. The SMILES string of the molecule is CN(c1ccc(-c2ccc(-c3cn[nH]c3)cc2O)nn1)[C@H]1C[C@@H]2CC[C@](C(C)(C)C)(C1)N2. The summed E-state index contributed by atoms with van der Waals surface area (Å²) in [5.41, 5.74) is 3.57. The summed E-state index contributed by atoms with van der Waals surface area (Å²) in [5.74, 6) is 1.06. The fourth-order valence-corrected chi connectivity index (χ4v) is 5.48. The number of aromatic nitrogens is 4. The maximum absolute atomic E-state index is 10.6. The lowest BCUT2D eigenvalue weighted by Gasteiger charge is -2.49. The number of aromatic hydroxyl groups is 1. The number of nitrogens with zero attached hydrogens (tertiary/aromatic N) is 4. The van der Waals surface area contributed by atoms with Gasteiger partial charge < -0.3 is 15.3 Å². The van der Waals surface area contributed by atoms with E-state index < -0.39 is 0 Å². The van der Waals surface area contributed by atoms with Crippen LogP contribution in [0.5, 0.6) is 5.75 Å². The highest BCUT2D eigenvalue weighted by Gasteiger charge is 2.52. The third-order valence-corrected chi connectivity index (χ3v) is 7.64. The van der Waals surface area contributed by atoms with E-state index in [4.69, 9.17) is 0 Å². The van der Waals surface area contributed by atoms with Gasteiger partial charge in [-0.3, -0.25) is 5.10 Å². The zero-order valence-electron chi connectivity index (χ0n) is 19.3. The van der Waals surface area contributed by atoms with Gasteiger partial charge in [-0.25, -0.2) is 0 Å². The minimum atomic E-state index is 0.182. The Morgan fingerprint density at radius 3 is 2.62 bits per heavy atom. The van der Waals surface area contributed by atoms with E-state index in [1.54, 1.807) is 18.5 Å². The highest BCUT2D eigenvalue weighted by Crippen LogP contribution is 2.47. The molecule has 1 aromatic carbocycles. The first-order valence-electron chi connectivity index (χ1n) is 11.4. The molecule has 7 heteroatoms. The van der Waals surface area contributed by atoms with Gasteiger partial charge in [-0.15, -0.1) is 10.2 Å². The summed E-state index contributed by atoms with van der Waals surface area (Å²) in [5, 5.41) is 30.3. The van der Waals surface area contributed by atoms with Gasteiger partial charge in [-0.05, 0) is 60.9 Å². The molecule has 5 rings (SSSR count). The van der Waals surface area contributed by atoms with Crippen LogP contribution in [0.4, 0.5) is 5.82 Å². The molecule has 0 aliphatic carbocycles. The largest absolute Gasteiger partial charge is 0.507 e. The molecule has 0 radical (unpaired) electrons. The van der Waals surface area contributed by atoms with Gasteiger partial charge in [0.05, 0.1) is 11.9 Å². The Kier molecular flexibility index (Phi) is 4.97. The predicted octanol–water partition coefficient (Wildman–Crippen LogP) is 4.37. The lowest BCUT2D eigenvalue weighted by Crippen LogP contribution is -2.60. The molecule has 0 amide bonds. The van der Waals surface area contributed by atoms with Crippen molar-refractivity contribution in [3.63, 3.8) is 0 Å². The number of hydrogen-bond acceptors (Lipinski definition) is 6. The molecule has 2 aliphatic heterocycles. The van der Waals surface area contributed by atoms with Gasteiger partial charge in [0.1, 0.15) is 5.75 Å². The average Bonchev–Trinajstić information content (AvgIpc) is 3.41. The quantitative estimate of drug-likeness (QED) is 0.567. The lowest BCUT2D eigenvalue weighted by molar-refractivity contribution is 0.108. The summed E-state index contributed by atoms with van der Waals surface area (Å²) in [6.07, 6.45) is 8.27. The number of piperidine rings is 1. The summed E-state index contributed by atoms with van der Waals surface area (Å²) >= 11 is 0. The molecule has 0 unspecified atom stereocenters. The van der Waals surface area contributed by atoms with Crippen molar-refractivity contribution >= 4 is 5.82 Å². The van der Waals surface area contributed by atoms with Gasteiger partial charge in [-0.1, -0.05) is 26.8 Å². The van der Waals surface area contributed by atoms with Crippen LogP contribution in [0.3, 0.4) is 0 Å². The van der Waals surface area contributed by atoms with E-state index in [0.29, 0.717) is 23.3 Å². The minimum absolute atomic E-state index is 0.182. The van der Waals surface area contributed by atoms with E-state index in [1.807, 2.05) is 24.3 Å². The third-order valence-electron chi connectivity index (χ3n) is 7.64. The lowest BCUT2D eigenvalue weighted by atomic mass is 9.68. The Morgan fingerprint density at radius 1 is 1.12 bits per heavy atom. The van der Waals surface area contributed by atoms with Crippen molar-refractivity contribution in [2.24, 2.45) is 5.41 Å². The number of nitrogens with one attached hydrogen (secondary N) is 2. The molecule has 3 aromatic rings. The number of aromatic amines is 1. The second-order valence-electron chi connectivity index (χ2n) is 10.4. The second-order valence-corrected chi connectivity index (χ2v) is 10.4. The van der Waals surface area contributed by atoms with Gasteiger partial charge in [0.2, 0.25) is 0 Å². The highest BCUT2D eigenvalue weighted by molar-refractivity contribution is 5.73. The van der Waals surface area contributed by atoms with E-state index in [9.17, 15) is 5.11 Å². The van der Waals surface area contributed by atoms with E-state index in [1.165, 1.54) is 12.8 Å². The van der Waals surface area contributed by atoms with Crippen LogP contribution in [0.15, 0.2) is 42.7 Å². The topological polar surface area (TPSA) is 90.0 Å². The van der Waals surface area contributed by atoms with E-state index in [-0.39, 0.29) is 16.7 Å². The summed E-state index contributed by atoms with van der Waals surface area (Å²) in [4.78, 5) is 2.29.